The van der Waals surface area contributed by atoms with E-state index in [9.17, 15) is 0 Å². The molecule has 0 amide bonds. The van der Waals surface area contributed by atoms with Gasteiger partial charge in [0.2, 0.25) is 0 Å². The number of ether oxygens (including phenoxy) is 4. The van der Waals surface area contributed by atoms with Gasteiger partial charge < -0.3 is 28.7 Å². The molecule has 340 valence electrons. The molecule has 0 bridgehead atoms. The summed E-state index contributed by atoms with van der Waals surface area (Å²) in [5.41, 5.74) is 12.0. The fourth-order valence-electron chi connectivity index (χ4n) is 11.2. The zero-order chi connectivity index (χ0) is 47.0. The van der Waals surface area contributed by atoms with E-state index >= 15 is 0 Å². The molecule has 0 fully saturated rings. The molecule has 0 N–H and O–H groups in total. The Kier molecular flexibility index (Phi) is 9.91. The molecule has 2 aliphatic heterocycles. The van der Waals surface area contributed by atoms with Gasteiger partial charge in [0.1, 0.15) is 46.0 Å². The summed E-state index contributed by atoms with van der Waals surface area (Å²) in [5, 5.41) is 8.42. The summed E-state index contributed by atoms with van der Waals surface area (Å²) >= 11 is 0. The Morgan fingerprint density at radius 2 is 0.557 bits per heavy atom. The van der Waals surface area contributed by atoms with Crippen LogP contribution in [0.15, 0.2) is 182 Å². The predicted molar refractivity (Wildman–Crippen MR) is 285 cm³/mol. The fraction of sp³-hybridized carbons (Fsp3) is 0.125. The number of fused-ring (bicyclic) bond motifs is 2. The van der Waals surface area contributed by atoms with Crippen LogP contribution in [-0.2, 0) is 26.2 Å². The van der Waals surface area contributed by atoms with Crippen molar-refractivity contribution < 1.29 is 18.9 Å². The van der Waals surface area contributed by atoms with Crippen LogP contribution in [0.3, 0.4) is 0 Å². The van der Waals surface area contributed by atoms with Crippen LogP contribution in [0, 0.1) is 27.7 Å². The molecule has 0 saturated heterocycles. The summed E-state index contributed by atoms with van der Waals surface area (Å²) in [6, 6.07) is 63.3. The topological polar surface area (TPSA) is 43.4 Å². The van der Waals surface area contributed by atoms with Gasteiger partial charge in [-0.3, -0.25) is 0 Å². The van der Waals surface area contributed by atoms with E-state index in [1.54, 1.807) is 0 Å². The first-order valence-electron chi connectivity index (χ1n) is 24.2. The lowest BCUT2D eigenvalue weighted by Gasteiger charge is -2.36. The Morgan fingerprint density at radius 1 is 0.286 bits per heavy atom. The molecule has 6 heteroatoms. The average molecular weight is 911 g/mol. The van der Waals surface area contributed by atoms with Crippen LogP contribution in [0.25, 0.3) is 43.1 Å². The fourth-order valence-corrected chi connectivity index (χ4v) is 11.2. The number of aryl methyl sites for hydroxylation is 4. The van der Waals surface area contributed by atoms with E-state index in [2.05, 4.69) is 98.2 Å². The van der Waals surface area contributed by atoms with Crippen molar-refractivity contribution >= 4 is 54.5 Å². The second-order valence-electron chi connectivity index (χ2n) is 19.1. The molecule has 6 nitrogen and oxygen atoms in total. The Labute approximate surface area is 407 Å². The van der Waals surface area contributed by atoms with Crippen molar-refractivity contribution in [3.05, 3.63) is 226 Å². The van der Waals surface area contributed by atoms with E-state index < -0.39 is 0 Å². The molecule has 11 aromatic rings. The predicted octanol–water partition coefficient (Wildman–Crippen LogP) is 17.2. The monoisotopic (exact) mass is 910 g/mol. The van der Waals surface area contributed by atoms with Crippen molar-refractivity contribution in [3.63, 3.8) is 0 Å². The summed E-state index contributed by atoms with van der Waals surface area (Å²) in [6.07, 6.45) is 0. The van der Waals surface area contributed by atoms with Gasteiger partial charge in [0, 0.05) is 69.9 Å². The highest BCUT2D eigenvalue weighted by Crippen LogP contribution is 2.58. The molecule has 0 aliphatic carbocycles. The first-order valence-corrected chi connectivity index (χ1v) is 24.2. The molecule has 70 heavy (non-hydrogen) atoms. The van der Waals surface area contributed by atoms with E-state index in [-0.39, 0.29) is 0 Å². The third-order valence-electron chi connectivity index (χ3n) is 14.2. The summed E-state index contributed by atoms with van der Waals surface area (Å²) in [5.74, 6) is 6.02. The van der Waals surface area contributed by atoms with Gasteiger partial charge in [-0.1, -0.05) is 97.1 Å². The van der Waals surface area contributed by atoms with Crippen molar-refractivity contribution in [1.82, 2.24) is 0 Å². The van der Waals surface area contributed by atoms with E-state index in [1.807, 2.05) is 121 Å². The highest BCUT2D eigenvalue weighted by molar-refractivity contribution is 6.39. The number of para-hydroxylation sites is 4. The first kappa shape index (κ1) is 41.7. The molecule has 0 saturated carbocycles. The number of anilines is 2. The summed E-state index contributed by atoms with van der Waals surface area (Å²) in [6.45, 7) is 11.5. The lowest BCUT2D eigenvalue weighted by molar-refractivity contribution is 0.481. The quantitative estimate of drug-likeness (QED) is 0.101. The van der Waals surface area contributed by atoms with Crippen LogP contribution in [0.1, 0.15) is 44.5 Å². The van der Waals surface area contributed by atoms with E-state index in [0.29, 0.717) is 26.2 Å². The molecule has 13 rings (SSSR count). The van der Waals surface area contributed by atoms with Crippen LogP contribution < -0.4 is 28.7 Å². The van der Waals surface area contributed by atoms with E-state index in [4.69, 9.17) is 18.9 Å². The molecular weight excluding hydrogens is 861 g/mol. The Hall–Kier alpha value is -8.48. The molecule has 2 heterocycles. The molecule has 0 unspecified atom stereocenters. The summed E-state index contributed by atoms with van der Waals surface area (Å²) in [7, 11) is 0. The maximum atomic E-state index is 7.27. The molecule has 2 aliphatic rings. The zero-order valence-electron chi connectivity index (χ0n) is 39.7. The Morgan fingerprint density at radius 3 is 0.829 bits per heavy atom. The van der Waals surface area contributed by atoms with Crippen LogP contribution in [0.5, 0.6) is 46.0 Å². The Balaban J connectivity index is 1.21. The normalized spacial score (nSPS) is 13.1. The van der Waals surface area contributed by atoms with Gasteiger partial charge in [0.15, 0.2) is 0 Å². The van der Waals surface area contributed by atoms with E-state index in [0.717, 1.165) is 78.3 Å². The minimum Gasteiger partial charge on any atom is -0.457 e. The van der Waals surface area contributed by atoms with Gasteiger partial charge in [0.05, 0.1) is 0 Å². The minimum absolute atomic E-state index is 0.687. The van der Waals surface area contributed by atoms with E-state index in [1.165, 1.54) is 66.7 Å². The largest absolute Gasteiger partial charge is 0.457 e. The zero-order valence-corrected chi connectivity index (χ0v) is 39.7. The van der Waals surface area contributed by atoms with Crippen molar-refractivity contribution in [2.45, 2.75) is 53.9 Å². The van der Waals surface area contributed by atoms with Gasteiger partial charge in [-0.25, -0.2) is 0 Å². The second-order valence-corrected chi connectivity index (χ2v) is 19.1. The smallest absolute Gasteiger partial charge is 0.136 e. The van der Waals surface area contributed by atoms with Crippen molar-refractivity contribution in [3.8, 4) is 46.0 Å². The molecule has 0 aromatic heterocycles. The second kappa shape index (κ2) is 16.6. The maximum Gasteiger partial charge on any atom is 0.136 e. The summed E-state index contributed by atoms with van der Waals surface area (Å²) in [4.78, 5) is 5.00. The summed E-state index contributed by atoms with van der Waals surface area (Å²) < 4.78 is 29.1. The van der Waals surface area contributed by atoms with Gasteiger partial charge in [-0.15, -0.1) is 0 Å². The maximum absolute atomic E-state index is 7.27. The van der Waals surface area contributed by atoms with Gasteiger partial charge in [-0.2, -0.15) is 0 Å². The molecular formula is C64H50N2O4. The van der Waals surface area contributed by atoms with Gasteiger partial charge >= 0.3 is 0 Å². The lowest BCUT2D eigenvalue weighted by Crippen LogP contribution is -2.27. The van der Waals surface area contributed by atoms with Crippen molar-refractivity contribution in [2.75, 3.05) is 9.80 Å². The average Bonchev–Trinajstić information content (AvgIpc) is 3.38. The van der Waals surface area contributed by atoms with Crippen LogP contribution >= 0.6 is 0 Å². The number of nitrogens with zero attached hydrogens (tertiary/aromatic N) is 2. The number of benzene rings is 11. The van der Waals surface area contributed by atoms with Crippen LogP contribution in [-0.4, -0.2) is 0 Å². The molecule has 0 radical (unpaired) electrons. The number of hydrogen-bond donors (Lipinski definition) is 0. The molecule has 0 atom stereocenters. The lowest BCUT2D eigenvalue weighted by atomic mass is 9.81. The van der Waals surface area contributed by atoms with Crippen LogP contribution in [0.4, 0.5) is 11.4 Å². The third kappa shape index (κ3) is 7.09. The molecule has 11 aromatic carbocycles. The first-order chi connectivity index (χ1) is 34.3. The molecule has 0 spiro atoms. The van der Waals surface area contributed by atoms with Crippen LogP contribution in [0.2, 0.25) is 0 Å². The van der Waals surface area contributed by atoms with Gasteiger partial charge in [-0.05, 0) is 168 Å². The third-order valence-corrected chi connectivity index (χ3v) is 14.2. The number of rotatable bonds is 10. The minimum atomic E-state index is 0.687. The van der Waals surface area contributed by atoms with Crippen molar-refractivity contribution in [1.29, 1.82) is 0 Å². The standard InChI is InChI=1S/C64H50N2O4/c1-39-25-27-41(3)51(29-39)65-35-43-31-53(67-47-17-9-5-10-18-47)59-61-55(69-49-21-13-7-14-22-49)33-45-37-66(52-30-40(2)26-28-42(52)4)38-46-34-56(70-50-23-15-8-16-24-50)62(64(61)58(45)46)60-54(68-48-19-11-6-12-20-48)32-44(36-65)57(43)63(59)60/h5-34H,35-38H2,1-4H3. The van der Waals surface area contributed by atoms with Crippen molar-refractivity contribution in [2.24, 2.45) is 0 Å². The highest BCUT2D eigenvalue weighted by Gasteiger charge is 2.34. The Bertz CT molecular complexity index is 3380. The number of hydrogen-bond acceptors (Lipinski definition) is 6. The SMILES string of the molecule is Cc1ccc(C)c(N2Cc3cc(Oc4ccccc4)c4c5c(Oc6ccccc6)cc6c7c(cc(Oc8ccccc8)c(c8c(Oc9ccccc9)cc(c3c48)C2)c75)CN(c2cc(C)ccc2C)C6)c1. The van der Waals surface area contributed by atoms with Gasteiger partial charge in [0.25, 0.3) is 0 Å². The highest BCUT2D eigenvalue weighted by atomic mass is 16.5.